The summed E-state index contributed by atoms with van der Waals surface area (Å²) in [7, 11) is 0. The SMILES string of the molecule is N/C=C(\NCC=O)C(N)=O. The maximum atomic E-state index is 10.3. The van der Waals surface area contributed by atoms with Gasteiger partial charge in [0.25, 0.3) is 5.91 Å². The van der Waals surface area contributed by atoms with E-state index >= 15 is 0 Å². The molecule has 0 radical (unpaired) electrons. The van der Waals surface area contributed by atoms with Gasteiger partial charge in [0, 0.05) is 6.20 Å². The van der Waals surface area contributed by atoms with Crippen LogP contribution in [0.2, 0.25) is 0 Å². The topological polar surface area (TPSA) is 98.2 Å². The molecule has 0 aliphatic rings. The van der Waals surface area contributed by atoms with Crippen molar-refractivity contribution in [3.63, 3.8) is 0 Å². The van der Waals surface area contributed by atoms with Gasteiger partial charge in [-0.3, -0.25) is 4.79 Å². The van der Waals surface area contributed by atoms with Crippen molar-refractivity contribution >= 4 is 12.2 Å². The van der Waals surface area contributed by atoms with Gasteiger partial charge in [-0.1, -0.05) is 0 Å². The van der Waals surface area contributed by atoms with Gasteiger partial charge in [-0.25, -0.2) is 0 Å². The smallest absolute Gasteiger partial charge is 0.266 e. The molecule has 0 saturated heterocycles. The van der Waals surface area contributed by atoms with Crippen molar-refractivity contribution in [1.82, 2.24) is 5.32 Å². The maximum Gasteiger partial charge on any atom is 0.266 e. The highest BCUT2D eigenvalue weighted by atomic mass is 16.1. The number of aldehydes is 1. The summed E-state index contributed by atoms with van der Waals surface area (Å²) in [4.78, 5) is 20.1. The van der Waals surface area contributed by atoms with Gasteiger partial charge in [0.1, 0.15) is 12.0 Å². The number of hydrogen-bond acceptors (Lipinski definition) is 4. The van der Waals surface area contributed by atoms with E-state index in [9.17, 15) is 9.59 Å². The largest absolute Gasteiger partial charge is 0.403 e. The third-order valence-corrected chi connectivity index (χ3v) is 0.808. The molecule has 5 nitrogen and oxygen atoms in total. The summed E-state index contributed by atoms with van der Waals surface area (Å²) in [5, 5.41) is 2.41. The summed E-state index contributed by atoms with van der Waals surface area (Å²) in [6, 6.07) is 0. The van der Waals surface area contributed by atoms with Crippen molar-refractivity contribution in [2.24, 2.45) is 11.5 Å². The van der Waals surface area contributed by atoms with Crippen LogP contribution in [0.25, 0.3) is 0 Å². The standard InChI is InChI=1S/C5H9N3O2/c6-3-4(5(7)10)8-1-2-9/h2-3,8H,1,6H2,(H2,7,10)/b4-3-. The van der Waals surface area contributed by atoms with Crippen LogP contribution in [0, 0.1) is 0 Å². The van der Waals surface area contributed by atoms with E-state index < -0.39 is 5.91 Å². The third kappa shape index (κ3) is 2.71. The molecule has 0 bridgehead atoms. The Hall–Kier alpha value is -1.52. The van der Waals surface area contributed by atoms with Crippen LogP contribution in [-0.2, 0) is 9.59 Å². The molecule has 0 unspecified atom stereocenters. The van der Waals surface area contributed by atoms with Crippen LogP contribution in [0.5, 0.6) is 0 Å². The fourth-order valence-corrected chi connectivity index (χ4v) is 0.380. The van der Waals surface area contributed by atoms with E-state index in [-0.39, 0.29) is 12.2 Å². The van der Waals surface area contributed by atoms with E-state index in [2.05, 4.69) is 5.32 Å². The zero-order chi connectivity index (χ0) is 7.98. The number of carbonyl (C=O) groups excluding carboxylic acids is 2. The van der Waals surface area contributed by atoms with Crippen LogP contribution < -0.4 is 16.8 Å². The van der Waals surface area contributed by atoms with Crippen LogP contribution in [0.3, 0.4) is 0 Å². The molecule has 0 aromatic heterocycles. The van der Waals surface area contributed by atoms with Gasteiger partial charge < -0.3 is 21.6 Å². The highest BCUT2D eigenvalue weighted by molar-refractivity contribution is 5.91. The predicted molar refractivity (Wildman–Crippen MR) is 35.5 cm³/mol. The molecular weight excluding hydrogens is 134 g/mol. The summed E-state index contributed by atoms with van der Waals surface area (Å²) >= 11 is 0. The van der Waals surface area contributed by atoms with Gasteiger partial charge in [-0.2, -0.15) is 0 Å². The molecule has 0 heterocycles. The lowest BCUT2D eigenvalue weighted by Crippen LogP contribution is -2.28. The average Bonchev–Trinajstić information content (AvgIpc) is 1.89. The zero-order valence-electron chi connectivity index (χ0n) is 5.33. The van der Waals surface area contributed by atoms with Crippen LogP contribution in [0.1, 0.15) is 0 Å². The van der Waals surface area contributed by atoms with Gasteiger partial charge in [0.05, 0.1) is 6.54 Å². The van der Waals surface area contributed by atoms with Crippen LogP contribution in [-0.4, -0.2) is 18.7 Å². The summed E-state index contributed by atoms with van der Waals surface area (Å²) < 4.78 is 0. The van der Waals surface area contributed by atoms with Crippen molar-refractivity contribution in [3.05, 3.63) is 11.9 Å². The number of nitrogens with one attached hydrogen (secondary N) is 1. The van der Waals surface area contributed by atoms with E-state index in [1.165, 1.54) is 0 Å². The average molecular weight is 143 g/mol. The van der Waals surface area contributed by atoms with Gasteiger partial charge in [0.15, 0.2) is 0 Å². The Bertz CT molecular complexity index is 164. The number of hydrogen-bond donors (Lipinski definition) is 3. The molecule has 56 valence electrons. The predicted octanol–water partition coefficient (Wildman–Crippen LogP) is -1.94. The second kappa shape index (κ2) is 4.37. The van der Waals surface area contributed by atoms with Crippen molar-refractivity contribution < 1.29 is 9.59 Å². The summed E-state index contributed by atoms with van der Waals surface area (Å²) in [5.41, 5.74) is 9.84. The Morgan fingerprint density at radius 1 is 1.60 bits per heavy atom. The second-order valence-corrected chi connectivity index (χ2v) is 1.49. The molecule has 0 spiro atoms. The molecule has 0 aromatic carbocycles. The lowest BCUT2D eigenvalue weighted by Gasteiger charge is -2.00. The molecule has 10 heavy (non-hydrogen) atoms. The summed E-state index contributed by atoms with van der Waals surface area (Å²) in [5.74, 6) is -0.677. The van der Waals surface area contributed by atoms with Crippen molar-refractivity contribution in [2.75, 3.05) is 6.54 Å². The molecule has 5 N–H and O–H groups in total. The minimum absolute atomic E-state index is 0.0337. The fraction of sp³-hybridized carbons (Fsp3) is 0.200. The molecule has 0 aliphatic carbocycles. The number of primary amides is 1. The first-order valence-electron chi connectivity index (χ1n) is 2.61. The van der Waals surface area contributed by atoms with E-state index in [0.29, 0.717) is 6.29 Å². The quantitative estimate of drug-likeness (QED) is 0.315. The van der Waals surface area contributed by atoms with Gasteiger partial charge in [0.2, 0.25) is 0 Å². The lowest BCUT2D eigenvalue weighted by atomic mass is 10.4. The molecule has 0 aromatic rings. The van der Waals surface area contributed by atoms with E-state index in [1.54, 1.807) is 0 Å². The molecule has 0 fully saturated rings. The van der Waals surface area contributed by atoms with Crippen molar-refractivity contribution in [2.45, 2.75) is 0 Å². The number of carbonyl (C=O) groups is 2. The third-order valence-electron chi connectivity index (χ3n) is 0.808. The Labute approximate surface area is 58.1 Å². The van der Waals surface area contributed by atoms with Crippen molar-refractivity contribution in [1.29, 1.82) is 0 Å². The minimum Gasteiger partial charge on any atom is -0.403 e. The number of amides is 1. The van der Waals surface area contributed by atoms with Crippen LogP contribution in [0.4, 0.5) is 0 Å². The molecule has 0 rings (SSSR count). The number of nitrogens with two attached hydrogens (primary N) is 2. The highest BCUT2D eigenvalue weighted by Crippen LogP contribution is 1.79. The number of rotatable bonds is 4. The fourth-order valence-electron chi connectivity index (χ4n) is 0.380. The maximum absolute atomic E-state index is 10.3. The second-order valence-electron chi connectivity index (χ2n) is 1.49. The minimum atomic E-state index is -0.677. The Balaban J connectivity index is 3.85. The van der Waals surface area contributed by atoms with Gasteiger partial charge in [-0.05, 0) is 0 Å². The Morgan fingerprint density at radius 3 is 2.50 bits per heavy atom. The molecule has 5 heteroatoms. The monoisotopic (exact) mass is 143 g/mol. The molecule has 0 aliphatic heterocycles. The van der Waals surface area contributed by atoms with E-state index in [4.69, 9.17) is 11.5 Å². The lowest BCUT2D eigenvalue weighted by molar-refractivity contribution is -0.114. The summed E-state index contributed by atoms with van der Waals surface area (Å²) in [6.07, 6.45) is 1.62. The van der Waals surface area contributed by atoms with Crippen LogP contribution >= 0.6 is 0 Å². The normalized spacial score (nSPS) is 10.6. The molecule has 0 saturated carbocycles. The molecule has 0 atom stereocenters. The zero-order valence-corrected chi connectivity index (χ0v) is 5.33. The first kappa shape index (κ1) is 8.48. The van der Waals surface area contributed by atoms with E-state index in [1.807, 2.05) is 0 Å². The molecule has 1 amide bonds. The van der Waals surface area contributed by atoms with Gasteiger partial charge in [-0.15, -0.1) is 0 Å². The highest BCUT2D eigenvalue weighted by Gasteiger charge is 1.99. The first-order valence-corrected chi connectivity index (χ1v) is 2.61. The van der Waals surface area contributed by atoms with Gasteiger partial charge >= 0.3 is 0 Å². The molecular formula is C5H9N3O2. The van der Waals surface area contributed by atoms with E-state index in [0.717, 1.165) is 6.20 Å². The Morgan fingerprint density at radius 2 is 2.20 bits per heavy atom. The Kier molecular flexibility index (Phi) is 3.70. The summed E-state index contributed by atoms with van der Waals surface area (Å²) in [6.45, 7) is 0.0337. The van der Waals surface area contributed by atoms with Crippen LogP contribution in [0.15, 0.2) is 11.9 Å². The van der Waals surface area contributed by atoms with Crippen molar-refractivity contribution in [3.8, 4) is 0 Å². The first-order chi connectivity index (χ1) is 4.72.